The Hall–Kier alpha value is -1.000. The second-order valence-corrected chi connectivity index (χ2v) is 3.89. The number of nitrogens with zero attached hydrogens (tertiary/aromatic N) is 1. The summed E-state index contributed by atoms with van der Waals surface area (Å²) >= 11 is 7.17. The first-order chi connectivity index (χ1) is 5.66. The van der Waals surface area contributed by atoms with Crippen LogP contribution in [0.4, 0.5) is 10.8 Å². The molecule has 0 aliphatic rings. The zero-order valence-corrected chi connectivity index (χ0v) is 7.62. The second-order valence-electron chi connectivity index (χ2n) is 2.39. The number of rotatable bonds is 0. The largest absolute Gasteiger partial charge is 0.397 e. The van der Waals surface area contributed by atoms with Crippen LogP contribution in [0.25, 0.3) is 10.2 Å². The third-order valence-corrected chi connectivity index (χ3v) is 2.56. The number of nitrogens with two attached hydrogens (primary N) is 2. The van der Waals surface area contributed by atoms with Crippen molar-refractivity contribution in [3.8, 4) is 0 Å². The molecule has 0 saturated heterocycles. The first-order valence-electron chi connectivity index (χ1n) is 3.28. The minimum absolute atomic E-state index is 0.513. The molecule has 0 amide bonds. The zero-order chi connectivity index (χ0) is 8.72. The van der Waals surface area contributed by atoms with E-state index in [0.717, 1.165) is 10.2 Å². The van der Waals surface area contributed by atoms with Gasteiger partial charge in [0.05, 0.1) is 10.4 Å². The SMILES string of the molecule is Nc1nc2c(N)cc(Cl)cc2s1. The fourth-order valence-electron chi connectivity index (χ4n) is 1.04. The van der Waals surface area contributed by atoms with Gasteiger partial charge < -0.3 is 11.5 Å². The van der Waals surface area contributed by atoms with Crippen LogP contribution < -0.4 is 11.5 Å². The first-order valence-corrected chi connectivity index (χ1v) is 4.47. The molecule has 4 N–H and O–H groups in total. The summed E-state index contributed by atoms with van der Waals surface area (Å²) in [5.74, 6) is 0. The van der Waals surface area contributed by atoms with Crippen molar-refractivity contribution in [3.63, 3.8) is 0 Å². The van der Waals surface area contributed by atoms with Crippen molar-refractivity contribution in [1.82, 2.24) is 4.98 Å². The highest BCUT2D eigenvalue weighted by Gasteiger charge is 2.05. The number of hydrogen-bond acceptors (Lipinski definition) is 4. The maximum atomic E-state index is 5.79. The van der Waals surface area contributed by atoms with Crippen molar-refractivity contribution >= 4 is 44.0 Å². The summed E-state index contributed by atoms with van der Waals surface area (Å²) in [4.78, 5) is 4.07. The van der Waals surface area contributed by atoms with Gasteiger partial charge in [-0.05, 0) is 12.1 Å². The third kappa shape index (κ3) is 1.09. The van der Waals surface area contributed by atoms with Crippen LogP contribution in [0.5, 0.6) is 0 Å². The molecule has 0 atom stereocenters. The van der Waals surface area contributed by atoms with E-state index in [9.17, 15) is 0 Å². The topological polar surface area (TPSA) is 64.9 Å². The highest BCUT2D eigenvalue weighted by Crippen LogP contribution is 2.30. The highest BCUT2D eigenvalue weighted by molar-refractivity contribution is 7.22. The van der Waals surface area contributed by atoms with E-state index in [0.29, 0.717) is 15.8 Å². The average Bonchev–Trinajstić information content (AvgIpc) is 2.29. The van der Waals surface area contributed by atoms with E-state index in [2.05, 4.69) is 4.98 Å². The average molecular weight is 200 g/mol. The number of benzene rings is 1. The van der Waals surface area contributed by atoms with Crippen LogP contribution in [0.15, 0.2) is 12.1 Å². The quantitative estimate of drug-likeness (QED) is 0.639. The molecule has 0 bridgehead atoms. The van der Waals surface area contributed by atoms with E-state index in [1.54, 1.807) is 12.1 Å². The molecule has 1 heterocycles. The number of anilines is 2. The van der Waals surface area contributed by atoms with E-state index >= 15 is 0 Å². The van der Waals surface area contributed by atoms with E-state index in [1.165, 1.54) is 11.3 Å². The molecule has 0 fully saturated rings. The van der Waals surface area contributed by atoms with Gasteiger partial charge in [0.1, 0.15) is 5.52 Å². The Bertz CT molecular complexity index is 437. The molecule has 3 nitrogen and oxygen atoms in total. The normalized spacial score (nSPS) is 10.8. The second kappa shape index (κ2) is 2.50. The van der Waals surface area contributed by atoms with Gasteiger partial charge in [-0.25, -0.2) is 4.98 Å². The molecular formula is C7H6ClN3S. The summed E-state index contributed by atoms with van der Waals surface area (Å²) in [6.07, 6.45) is 0. The van der Waals surface area contributed by atoms with Crippen molar-refractivity contribution in [2.45, 2.75) is 0 Å². The Morgan fingerprint density at radius 1 is 1.33 bits per heavy atom. The van der Waals surface area contributed by atoms with Gasteiger partial charge >= 0.3 is 0 Å². The molecule has 5 heteroatoms. The van der Waals surface area contributed by atoms with E-state index < -0.39 is 0 Å². The summed E-state index contributed by atoms with van der Waals surface area (Å²) < 4.78 is 0.928. The van der Waals surface area contributed by atoms with Crippen molar-refractivity contribution in [2.24, 2.45) is 0 Å². The number of hydrogen-bond donors (Lipinski definition) is 2. The van der Waals surface area contributed by atoms with Crippen molar-refractivity contribution in [1.29, 1.82) is 0 Å². The van der Waals surface area contributed by atoms with Crippen LogP contribution in [-0.4, -0.2) is 4.98 Å². The predicted molar refractivity (Wildman–Crippen MR) is 53.5 cm³/mol. The number of thiazole rings is 1. The van der Waals surface area contributed by atoms with Gasteiger partial charge in [-0.15, -0.1) is 0 Å². The first kappa shape index (κ1) is 7.64. The van der Waals surface area contributed by atoms with Crippen LogP contribution >= 0.6 is 22.9 Å². The van der Waals surface area contributed by atoms with Crippen LogP contribution in [0.1, 0.15) is 0 Å². The Labute approximate surface area is 78.0 Å². The summed E-state index contributed by atoms with van der Waals surface area (Å²) in [5.41, 5.74) is 12.5. The van der Waals surface area contributed by atoms with Gasteiger partial charge in [0, 0.05) is 5.02 Å². The van der Waals surface area contributed by atoms with Crippen molar-refractivity contribution in [3.05, 3.63) is 17.2 Å². The Morgan fingerprint density at radius 3 is 2.83 bits per heavy atom. The lowest BCUT2D eigenvalue weighted by molar-refractivity contribution is 1.49. The Balaban J connectivity index is 2.88. The van der Waals surface area contributed by atoms with E-state index in [-0.39, 0.29) is 0 Å². The molecule has 0 spiro atoms. The smallest absolute Gasteiger partial charge is 0.181 e. The fourth-order valence-corrected chi connectivity index (χ4v) is 2.14. The van der Waals surface area contributed by atoms with Crippen LogP contribution in [0.3, 0.4) is 0 Å². The standard InChI is InChI=1S/C7H6ClN3S/c8-3-1-4(9)6-5(2-3)12-7(10)11-6/h1-2H,9H2,(H2,10,11). The monoisotopic (exact) mass is 199 g/mol. The Morgan fingerprint density at radius 2 is 2.08 bits per heavy atom. The highest BCUT2D eigenvalue weighted by atomic mass is 35.5. The minimum atomic E-state index is 0.513. The maximum absolute atomic E-state index is 5.79. The van der Waals surface area contributed by atoms with Crippen LogP contribution in [-0.2, 0) is 0 Å². The molecule has 1 aromatic heterocycles. The van der Waals surface area contributed by atoms with Gasteiger partial charge in [-0.2, -0.15) is 0 Å². The molecule has 1 aromatic carbocycles. The van der Waals surface area contributed by atoms with Crippen molar-refractivity contribution in [2.75, 3.05) is 11.5 Å². The number of halogens is 1. The maximum Gasteiger partial charge on any atom is 0.181 e. The molecule has 0 unspecified atom stereocenters. The minimum Gasteiger partial charge on any atom is -0.397 e. The molecule has 2 aromatic rings. The molecule has 0 aliphatic carbocycles. The van der Waals surface area contributed by atoms with E-state index in [1.807, 2.05) is 0 Å². The van der Waals surface area contributed by atoms with Crippen molar-refractivity contribution < 1.29 is 0 Å². The molecule has 0 aliphatic heterocycles. The summed E-state index contributed by atoms with van der Waals surface area (Å²) in [6, 6.07) is 3.48. The van der Waals surface area contributed by atoms with Gasteiger partial charge in [-0.3, -0.25) is 0 Å². The third-order valence-electron chi connectivity index (χ3n) is 1.51. The molecular weight excluding hydrogens is 194 g/mol. The van der Waals surface area contributed by atoms with Gasteiger partial charge in [0.15, 0.2) is 5.13 Å². The van der Waals surface area contributed by atoms with Crippen LogP contribution in [0, 0.1) is 0 Å². The van der Waals surface area contributed by atoms with Gasteiger partial charge in [0.2, 0.25) is 0 Å². The molecule has 2 rings (SSSR count). The fraction of sp³-hybridized carbons (Fsp3) is 0. The lowest BCUT2D eigenvalue weighted by Crippen LogP contribution is -1.86. The zero-order valence-electron chi connectivity index (χ0n) is 6.04. The summed E-state index contributed by atoms with van der Waals surface area (Å²) in [6.45, 7) is 0. The number of nitrogen functional groups attached to an aromatic ring is 2. The molecule has 62 valence electrons. The number of aromatic nitrogens is 1. The molecule has 0 saturated carbocycles. The van der Waals surface area contributed by atoms with Crippen LogP contribution in [0.2, 0.25) is 5.02 Å². The van der Waals surface area contributed by atoms with Gasteiger partial charge in [-0.1, -0.05) is 22.9 Å². The lowest BCUT2D eigenvalue weighted by atomic mass is 10.3. The molecule has 12 heavy (non-hydrogen) atoms. The van der Waals surface area contributed by atoms with E-state index in [4.69, 9.17) is 23.1 Å². The lowest BCUT2D eigenvalue weighted by Gasteiger charge is -1.94. The summed E-state index contributed by atoms with van der Waals surface area (Å²) in [7, 11) is 0. The van der Waals surface area contributed by atoms with Gasteiger partial charge in [0.25, 0.3) is 0 Å². The summed E-state index contributed by atoms with van der Waals surface area (Å²) in [5, 5.41) is 1.13. The molecule has 0 radical (unpaired) electrons. The Kier molecular flexibility index (Phi) is 1.59. The number of fused-ring (bicyclic) bond motifs is 1. The predicted octanol–water partition coefficient (Wildman–Crippen LogP) is 2.11.